The topological polar surface area (TPSA) is 216 Å². The van der Waals surface area contributed by atoms with Gasteiger partial charge in [0.25, 0.3) is 22.8 Å². The number of rotatable bonds is 6. The fourth-order valence-corrected chi connectivity index (χ4v) is 7.00. The van der Waals surface area contributed by atoms with E-state index in [9.17, 15) is 50.6 Å². The molecule has 15 heteroatoms. The molecule has 0 heterocycles. The number of nitro groups is 5. The molecule has 9 rings (SSSR count). The summed E-state index contributed by atoms with van der Waals surface area (Å²) < 4.78 is 0. The summed E-state index contributed by atoms with van der Waals surface area (Å²) in [4.78, 5) is 49.4. The van der Waals surface area contributed by atoms with Crippen LogP contribution in [0.3, 0.4) is 0 Å². The summed E-state index contributed by atoms with van der Waals surface area (Å²) in [5.41, 5.74) is 15.5. The number of benzene rings is 5. The van der Waals surface area contributed by atoms with E-state index in [1.165, 1.54) is 69.3 Å². The zero-order chi connectivity index (χ0) is 59.1. The number of nitro benzene ring substituents is 2. The molecule has 80 heavy (non-hydrogen) atoms. The molecule has 0 unspecified atom stereocenters. The summed E-state index contributed by atoms with van der Waals surface area (Å²) in [6.07, 6.45) is 16.5. The highest BCUT2D eigenvalue weighted by atomic mass is 16.6. The number of nitrogens with zero attached hydrogens (tertiary/aromatic N) is 5. The van der Waals surface area contributed by atoms with Gasteiger partial charge in [0.1, 0.15) is 0 Å². The van der Waals surface area contributed by atoms with Crippen LogP contribution in [0.4, 0.5) is 11.4 Å². The Morgan fingerprint density at radius 3 is 1.14 bits per heavy atom. The Morgan fingerprint density at radius 1 is 0.362 bits per heavy atom. The first-order chi connectivity index (χ1) is 38.1. The van der Waals surface area contributed by atoms with Gasteiger partial charge in [0.05, 0.1) is 43.9 Å². The third kappa shape index (κ3) is 24.1. The predicted molar refractivity (Wildman–Crippen MR) is 317 cm³/mol. The van der Waals surface area contributed by atoms with Gasteiger partial charge in [0.15, 0.2) is 0 Å². The van der Waals surface area contributed by atoms with Gasteiger partial charge in [0, 0.05) is 64.3 Å². The van der Waals surface area contributed by atoms with Crippen molar-refractivity contribution in [3.8, 4) is 35.5 Å². The molecule has 0 spiro atoms. The molecule has 0 saturated carbocycles. The first-order valence-electron chi connectivity index (χ1n) is 25.0. The number of aryl methyl sites for hydroxylation is 5. The molecular formula is C65H63N5O10. The predicted octanol–water partition coefficient (Wildman–Crippen LogP) is 15.7. The lowest BCUT2D eigenvalue weighted by Crippen LogP contribution is -1.95. The van der Waals surface area contributed by atoms with Crippen molar-refractivity contribution in [1.29, 1.82) is 0 Å². The molecule has 0 radical (unpaired) electrons. The number of non-ortho nitro benzene ring substituents is 1. The Balaban J connectivity index is 0.000000248. The number of hydrogen-bond acceptors (Lipinski definition) is 10. The van der Waals surface area contributed by atoms with Crippen molar-refractivity contribution in [2.45, 2.75) is 88.0 Å². The molecule has 0 atom stereocenters. The molecule has 0 saturated heterocycles. The summed E-state index contributed by atoms with van der Waals surface area (Å²) in [5.74, 6) is 16.9. The Morgan fingerprint density at radius 2 is 0.762 bits per heavy atom. The fraction of sp³-hybridized carbons (Fsp3) is 0.200. The number of hydrogen-bond donors (Lipinski definition) is 0. The van der Waals surface area contributed by atoms with Gasteiger partial charge in [-0.3, -0.25) is 50.6 Å². The van der Waals surface area contributed by atoms with Crippen LogP contribution in [-0.2, 0) is 0 Å². The number of allylic oxidation sites excluding steroid dienone is 13. The van der Waals surface area contributed by atoms with E-state index < -0.39 is 4.92 Å². The van der Waals surface area contributed by atoms with Crippen LogP contribution in [0.15, 0.2) is 209 Å². The largest absolute Gasteiger partial charge is 0.272 e. The van der Waals surface area contributed by atoms with Gasteiger partial charge in [-0.05, 0) is 116 Å². The minimum absolute atomic E-state index is 0.0941. The van der Waals surface area contributed by atoms with Crippen LogP contribution < -0.4 is 0 Å². The van der Waals surface area contributed by atoms with Crippen LogP contribution in [0.1, 0.15) is 97.9 Å². The number of para-hydroxylation sites is 1. The molecule has 408 valence electrons. The molecular weight excluding hydrogens is 1010 g/mol. The highest BCUT2D eigenvalue weighted by molar-refractivity contribution is 5.72. The van der Waals surface area contributed by atoms with Gasteiger partial charge in [-0.25, -0.2) is 0 Å². The van der Waals surface area contributed by atoms with Crippen molar-refractivity contribution in [2.75, 3.05) is 0 Å². The Labute approximate surface area is 467 Å². The van der Waals surface area contributed by atoms with Gasteiger partial charge in [0.2, 0.25) is 5.70 Å². The lowest BCUT2D eigenvalue weighted by molar-refractivity contribution is -0.426. The van der Waals surface area contributed by atoms with Crippen molar-refractivity contribution in [1.82, 2.24) is 0 Å². The smallest absolute Gasteiger partial charge is 0.259 e. The van der Waals surface area contributed by atoms with E-state index in [0.717, 1.165) is 34.3 Å². The quantitative estimate of drug-likeness (QED) is 0.0890. The standard InChI is InChI=1S/C14H11NO2.C13H14.C9H7NO2.C8H7NO2.C8H10.C7H7NO2.C6H7NO2/c1-11-2-4-12(5-3-11)6-7-13-8-9-14(10-13)15(16)17;1-10-3-6-12(7-4-10)13-8-5-11(2)9-13;1-2-3-8-4-6-9(7-5-8)10(11)12;1-2-3-7-4-5-8(6-7)9(10)11;1-7-3-5-8(2)6-4-7;1-6-4-2-3-5-7(6)8(9)10;1-5-2-3-6(4-5)7(8)9/h2-5,8-9H,10H2,1H3;3-8H,9H2,1-2H3;4-7H,1H3;4-5H,6H2,1H3;3-6H,1-2H3;2-5H,1H3;2-3H,4H2,1H3. The van der Waals surface area contributed by atoms with E-state index in [4.69, 9.17) is 0 Å². The SMILES string of the molecule is CC#CC1=CC=C([N+](=O)[O-])C1.CC#Cc1ccc([N+](=O)[O-])cc1.CC1=CC=C([N+](=O)[O-])C1.CC1=CC=C(c2ccc(C)cc2)C1.Cc1ccc(C#CC2=CC=C([N+](=O)[O-])C2)cc1.Cc1ccc(C)cc1.Cc1ccccc1[N+](=O)[O-]. The molecule has 5 aromatic rings. The first kappa shape index (κ1) is 64.0. The molecule has 4 aliphatic carbocycles. The zero-order valence-corrected chi connectivity index (χ0v) is 46.3. The highest BCUT2D eigenvalue weighted by Crippen LogP contribution is 2.28. The van der Waals surface area contributed by atoms with Crippen LogP contribution in [0, 0.1) is 121 Å². The van der Waals surface area contributed by atoms with Gasteiger partial charge in [-0.1, -0.05) is 154 Å². The summed E-state index contributed by atoms with van der Waals surface area (Å²) in [7, 11) is 0. The maximum Gasteiger partial charge on any atom is 0.272 e. The summed E-state index contributed by atoms with van der Waals surface area (Å²) in [5, 5.41) is 51.2. The molecule has 0 N–H and O–H groups in total. The monoisotopic (exact) mass is 1070 g/mol. The Kier molecular flexibility index (Phi) is 26.9. The minimum Gasteiger partial charge on any atom is -0.259 e. The van der Waals surface area contributed by atoms with Crippen LogP contribution in [0.5, 0.6) is 0 Å². The lowest BCUT2D eigenvalue weighted by atomic mass is 10.0. The van der Waals surface area contributed by atoms with Gasteiger partial charge < -0.3 is 0 Å². The third-order valence-corrected chi connectivity index (χ3v) is 11.5. The maximum atomic E-state index is 10.5. The normalized spacial score (nSPS) is 12.7. The van der Waals surface area contributed by atoms with Crippen molar-refractivity contribution < 1.29 is 24.6 Å². The van der Waals surface area contributed by atoms with Gasteiger partial charge in [-0.2, -0.15) is 0 Å². The molecule has 0 aromatic heterocycles. The molecule has 15 nitrogen and oxygen atoms in total. The van der Waals surface area contributed by atoms with Crippen molar-refractivity contribution in [3.05, 3.63) is 304 Å². The minimum atomic E-state index is -0.427. The molecule has 0 fully saturated rings. The van der Waals surface area contributed by atoms with E-state index in [1.54, 1.807) is 75.4 Å². The molecule has 0 aliphatic heterocycles. The van der Waals surface area contributed by atoms with Crippen LogP contribution in [0.25, 0.3) is 5.57 Å². The van der Waals surface area contributed by atoms with Crippen molar-refractivity contribution in [3.63, 3.8) is 0 Å². The summed E-state index contributed by atoms with van der Waals surface area (Å²) >= 11 is 0. The maximum absolute atomic E-state index is 10.5. The van der Waals surface area contributed by atoms with E-state index in [-0.39, 0.29) is 42.5 Å². The van der Waals surface area contributed by atoms with Crippen LogP contribution >= 0.6 is 0 Å². The highest BCUT2D eigenvalue weighted by Gasteiger charge is 2.17. The van der Waals surface area contributed by atoms with E-state index in [1.807, 2.05) is 38.1 Å². The lowest BCUT2D eigenvalue weighted by Gasteiger charge is -2.03. The van der Waals surface area contributed by atoms with E-state index >= 15 is 0 Å². The third-order valence-electron chi connectivity index (χ3n) is 11.5. The zero-order valence-electron chi connectivity index (χ0n) is 46.3. The van der Waals surface area contributed by atoms with Crippen LogP contribution in [-0.4, -0.2) is 24.6 Å². The molecule has 0 amide bonds. The average Bonchev–Trinajstić information content (AvgIpc) is 4.29. The summed E-state index contributed by atoms with van der Waals surface area (Å²) in [6, 6.07) is 37.9. The Hall–Kier alpha value is -10.3. The first-order valence-corrected chi connectivity index (χ1v) is 25.0. The van der Waals surface area contributed by atoms with Gasteiger partial charge >= 0.3 is 0 Å². The second-order valence-electron chi connectivity index (χ2n) is 18.3. The molecule has 0 bridgehead atoms. The molecule has 5 aromatic carbocycles. The fourth-order valence-electron chi connectivity index (χ4n) is 7.00. The molecule has 4 aliphatic rings. The summed E-state index contributed by atoms with van der Waals surface area (Å²) in [6.45, 7) is 17.6. The van der Waals surface area contributed by atoms with E-state index in [0.29, 0.717) is 30.5 Å². The second-order valence-corrected chi connectivity index (χ2v) is 18.3. The average molecular weight is 1070 g/mol. The van der Waals surface area contributed by atoms with Gasteiger partial charge in [-0.15, -0.1) is 11.8 Å². The van der Waals surface area contributed by atoms with Crippen molar-refractivity contribution >= 4 is 16.9 Å². The Bertz CT molecular complexity index is 3470. The second kappa shape index (κ2) is 33.7. The van der Waals surface area contributed by atoms with Crippen molar-refractivity contribution in [2.24, 2.45) is 0 Å². The van der Waals surface area contributed by atoms with E-state index in [2.05, 4.69) is 124 Å². The van der Waals surface area contributed by atoms with Crippen LogP contribution in [0.2, 0.25) is 0 Å².